The van der Waals surface area contributed by atoms with Gasteiger partial charge in [-0.1, -0.05) is 11.6 Å². The minimum absolute atomic E-state index is 0.456. The SMILES string of the molecule is CC(C)=CCCC(C)NCC1(O)CCOCC1. The molecule has 0 aromatic rings. The summed E-state index contributed by atoms with van der Waals surface area (Å²) in [7, 11) is 0. The van der Waals surface area contributed by atoms with Gasteiger partial charge in [-0.3, -0.25) is 0 Å². The molecule has 1 fully saturated rings. The molecule has 0 aliphatic carbocycles. The zero-order chi connectivity index (χ0) is 12.7. The summed E-state index contributed by atoms with van der Waals surface area (Å²) in [6.07, 6.45) is 6.00. The molecule has 0 spiro atoms. The van der Waals surface area contributed by atoms with Gasteiger partial charge in [-0.15, -0.1) is 0 Å². The molecule has 1 heterocycles. The van der Waals surface area contributed by atoms with E-state index in [0.717, 1.165) is 25.7 Å². The maximum Gasteiger partial charge on any atom is 0.0815 e. The van der Waals surface area contributed by atoms with E-state index in [1.54, 1.807) is 0 Å². The van der Waals surface area contributed by atoms with Crippen molar-refractivity contribution in [1.82, 2.24) is 5.32 Å². The van der Waals surface area contributed by atoms with Crippen LogP contribution in [0.1, 0.15) is 46.5 Å². The van der Waals surface area contributed by atoms with Crippen molar-refractivity contribution in [1.29, 1.82) is 0 Å². The van der Waals surface area contributed by atoms with Gasteiger partial charge in [0.25, 0.3) is 0 Å². The monoisotopic (exact) mass is 241 g/mol. The van der Waals surface area contributed by atoms with E-state index in [0.29, 0.717) is 25.8 Å². The van der Waals surface area contributed by atoms with Crippen LogP contribution in [0.3, 0.4) is 0 Å². The number of aliphatic hydroxyl groups is 1. The molecule has 1 aliphatic heterocycles. The topological polar surface area (TPSA) is 41.5 Å². The summed E-state index contributed by atoms with van der Waals surface area (Å²) in [6, 6.07) is 0.456. The summed E-state index contributed by atoms with van der Waals surface area (Å²) >= 11 is 0. The summed E-state index contributed by atoms with van der Waals surface area (Å²) in [5.74, 6) is 0. The van der Waals surface area contributed by atoms with E-state index >= 15 is 0 Å². The average Bonchev–Trinajstić information content (AvgIpc) is 2.27. The predicted molar refractivity (Wildman–Crippen MR) is 71.1 cm³/mol. The summed E-state index contributed by atoms with van der Waals surface area (Å²) in [5, 5.41) is 13.7. The quantitative estimate of drug-likeness (QED) is 0.701. The minimum atomic E-state index is -0.553. The molecule has 1 aliphatic rings. The van der Waals surface area contributed by atoms with E-state index in [2.05, 4.69) is 32.2 Å². The fourth-order valence-corrected chi connectivity index (χ4v) is 2.02. The Bertz CT molecular complexity index is 241. The Morgan fingerprint density at radius 1 is 1.41 bits per heavy atom. The van der Waals surface area contributed by atoms with Crippen LogP contribution >= 0.6 is 0 Å². The lowest BCUT2D eigenvalue weighted by atomic mass is 9.94. The first-order valence-corrected chi connectivity index (χ1v) is 6.69. The molecule has 2 N–H and O–H groups in total. The van der Waals surface area contributed by atoms with Gasteiger partial charge < -0.3 is 15.2 Å². The Morgan fingerprint density at radius 3 is 2.65 bits per heavy atom. The fraction of sp³-hybridized carbons (Fsp3) is 0.857. The normalized spacial score (nSPS) is 20.9. The fourth-order valence-electron chi connectivity index (χ4n) is 2.02. The molecule has 3 heteroatoms. The number of rotatable bonds is 6. The highest BCUT2D eigenvalue weighted by molar-refractivity contribution is 4.93. The molecule has 3 nitrogen and oxygen atoms in total. The second kappa shape index (κ2) is 7.14. The van der Waals surface area contributed by atoms with Gasteiger partial charge >= 0.3 is 0 Å². The van der Waals surface area contributed by atoms with Crippen molar-refractivity contribution in [2.45, 2.75) is 58.1 Å². The molecule has 0 radical (unpaired) electrons. The number of allylic oxidation sites excluding steroid dienone is 2. The summed E-state index contributed by atoms with van der Waals surface area (Å²) in [4.78, 5) is 0. The molecule has 0 saturated carbocycles. The van der Waals surface area contributed by atoms with Crippen LogP contribution in [-0.4, -0.2) is 36.5 Å². The molecule has 0 amide bonds. The molecule has 1 saturated heterocycles. The highest BCUT2D eigenvalue weighted by atomic mass is 16.5. The van der Waals surface area contributed by atoms with E-state index in [9.17, 15) is 5.11 Å². The third kappa shape index (κ3) is 6.20. The van der Waals surface area contributed by atoms with Gasteiger partial charge in [-0.2, -0.15) is 0 Å². The summed E-state index contributed by atoms with van der Waals surface area (Å²) < 4.78 is 5.27. The number of hydrogen-bond acceptors (Lipinski definition) is 3. The van der Waals surface area contributed by atoms with E-state index in [4.69, 9.17) is 4.74 Å². The van der Waals surface area contributed by atoms with Crippen LogP contribution in [0.15, 0.2) is 11.6 Å². The highest BCUT2D eigenvalue weighted by Crippen LogP contribution is 2.19. The number of ether oxygens (including phenoxy) is 1. The highest BCUT2D eigenvalue weighted by Gasteiger charge is 2.29. The van der Waals surface area contributed by atoms with Crippen molar-refractivity contribution in [3.8, 4) is 0 Å². The number of nitrogens with one attached hydrogen (secondary N) is 1. The van der Waals surface area contributed by atoms with Gasteiger partial charge in [0.2, 0.25) is 0 Å². The van der Waals surface area contributed by atoms with Gasteiger partial charge in [0.1, 0.15) is 0 Å². The first-order chi connectivity index (χ1) is 8.02. The Hall–Kier alpha value is -0.380. The van der Waals surface area contributed by atoms with E-state index in [1.807, 2.05) is 0 Å². The lowest BCUT2D eigenvalue weighted by Crippen LogP contribution is -2.47. The lowest BCUT2D eigenvalue weighted by Gasteiger charge is -2.33. The standard InChI is InChI=1S/C14H27NO2/c1-12(2)5-4-6-13(3)15-11-14(16)7-9-17-10-8-14/h5,13,15-16H,4,6-11H2,1-3H3. The van der Waals surface area contributed by atoms with Crippen LogP contribution in [0.5, 0.6) is 0 Å². The first-order valence-electron chi connectivity index (χ1n) is 6.69. The average molecular weight is 241 g/mol. The third-order valence-electron chi connectivity index (χ3n) is 3.36. The molecule has 0 aromatic carbocycles. The van der Waals surface area contributed by atoms with Gasteiger partial charge in [0.05, 0.1) is 5.60 Å². The van der Waals surface area contributed by atoms with Gasteiger partial charge in [0, 0.05) is 38.6 Å². The van der Waals surface area contributed by atoms with Crippen LogP contribution in [0.25, 0.3) is 0 Å². The number of hydrogen-bond donors (Lipinski definition) is 2. The van der Waals surface area contributed by atoms with Gasteiger partial charge in [0.15, 0.2) is 0 Å². The van der Waals surface area contributed by atoms with Crippen LogP contribution in [0, 0.1) is 0 Å². The van der Waals surface area contributed by atoms with Crippen LogP contribution < -0.4 is 5.32 Å². The maximum atomic E-state index is 10.3. The molecule has 17 heavy (non-hydrogen) atoms. The second-order valence-electron chi connectivity index (χ2n) is 5.48. The van der Waals surface area contributed by atoms with Crippen molar-refractivity contribution in [3.05, 3.63) is 11.6 Å². The molecule has 0 aromatic heterocycles. The molecular formula is C14H27NO2. The Balaban J connectivity index is 2.18. The van der Waals surface area contributed by atoms with Gasteiger partial charge in [-0.25, -0.2) is 0 Å². The summed E-state index contributed by atoms with van der Waals surface area (Å²) in [5.41, 5.74) is 0.823. The van der Waals surface area contributed by atoms with Crippen LogP contribution in [0.4, 0.5) is 0 Å². The Morgan fingerprint density at radius 2 is 2.06 bits per heavy atom. The third-order valence-corrected chi connectivity index (χ3v) is 3.36. The van der Waals surface area contributed by atoms with Crippen molar-refractivity contribution in [3.63, 3.8) is 0 Å². The second-order valence-corrected chi connectivity index (χ2v) is 5.48. The molecular weight excluding hydrogens is 214 g/mol. The minimum Gasteiger partial charge on any atom is -0.388 e. The molecule has 100 valence electrons. The zero-order valence-electron chi connectivity index (χ0n) is 11.5. The molecule has 1 atom stereocenters. The van der Waals surface area contributed by atoms with Crippen LogP contribution in [-0.2, 0) is 4.74 Å². The smallest absolute Gasteiger partial charge is 0.0815 e. The van der Waals surface area contributed by atoms with Crippen molar-refractivity contribution >= 4 is 0 Å². The van der Waals surface area contributed by atoms with Gasteiger partial charge in [-0.05, 0) is 33.6 Å². The van der Waals surface area contributed by atoms with Crippen molar-refractivity contribution < 1.29 is 9.84 Å². The molecule has 0 bridgehead atoms. The summed E-state index contributed by atoms with van der Waals surface area (Å²) in [6.45, 7) is 8.49. The maximum absolute atomic E-state index is 10.3. The Labute approximate surface area is 105 Å². The lowest BCUT2D eigenvalue weighted by molar-refractivity contribution is -0.0626. The van der Waals surface area contributed by atoms with E-state index in [1.165, 1.54) is 5.57 Å². The molecule has 1 unspecified atom stereocenters. The van der Waals surface area contributed by atoms with E-state index < -0.39 is 5.60 Å². The van der Waals surface area contributed by atoms with Crippen LogP contribution in [0.2, 0.25) is 0 Å². The van der Waals surface area contributed by atoms with E-state index in [-0.39, 0.29) is 0 Å². The predicted octanol–water partition coefficient (Wildman–Crippen LogP) is 2.25. The zero-order valence-corrected chi connectivity index (χ0v) is 11.5. The Kier molecular flexibility index (Phi) is 6.17. The van der Waals surface area contributed by atoms with Crippen molar-refractivity contribution in [2.24, 2.45) is 0 Å². The first kappa shape index (κ1) is 14.7. The van der Waals surface area contributed by atoms with Crippen molar-refractivity contribution in [2.75, 3.05) is 19.8 Å². The largest absolute Gasteiger partial charge is 0.388 e. The molecule has 1 rings (SSSR count).